The molecule has 3 aromatic carbocycles. The molecule has 1 heterocycles. The summed E-state index contributed by atoms with van der Waals surface area (Å²) in [4.78, 5) is 13.1. The molecule has 0 amide bonds. The molecule has 0 fully saturated rings. The Balaban J connectivity index is 1.62. The third-order valence-corrected chi connectivity index (χ3v) is 5.24. The molecule has 0 aromatic heterocycles. The van der Waals surface area contributed by atoms with Crippen LogP contribution in [0.15, 0.2) is 72.8 Å². The summed E-state index contributed by atoms with van der Waals surface area (Å²) in [5.74, 6) is 2.06. The lowest BCUT2D eigenvalue weighted by Crippen LogP contribution is -2.24. The van der Waals surface area contributed by atoms with Gasteiger partial charge in [-0.2, -0.15) is 0 Å². The maximum absolute atomic E-state index is 13.1. The quantitative estimate of drug-likeness (QED) is 0.357. The Labute approximate surface area is 183 Å². The number of benzene rings is 3. The van der Waals surface area contributed by atoms with Crippen LogP contribution in [0.3, 0.4) is 0 Å². The number of carbonyl (C=O) groups excluding carboxylic acids is 1. The second-order valence-electron chi connectivity index (χ2n) is 8.20. The number of rotatable bonds is 7. The zero-order valence-corrected chi connectivity index (χ0v) is 18.1. The normalized spacial score (nSPS) is 14.2. The first-order valence-corrected chi connectivity index (χ1v) is 10.3. The van der Waals surface area contributed by atoms with Crippen molar-refractivity contribution in [3.8, 4) is 17.2 Å². The summed E-state index contributed by atoms with van der Waals surface area (Å²) in [7, 11) is 1.63. The fourth-order valence-electron chi connectivity index (χ4n) is 3.70. The van der Waals surface area contributed by atoms with E-state index in [-0.39, 0.29) is 11.4 Å². The molecule has 0 N–H and O–H groups in total. The smallest absolute Gasteiger partial charge is 0.189 e. The average Bonchev–Trinajstić information content (AvgIpc) is 3.11. The monoisotopic (exact) mass is 414 g/mol. The minimum absolute atomic E-state index is 0.105. The summed E-state index contributed by atoms with van der Waals surface area (Å²) < 4.78 is 17.4. The van der Waals surface area contributed by atoms with Crippen molar-refractivity contribution in [1.29, 1.82) is 0 Å². The number of hydrogen-bond acceptors (Lipinski definition) is 4. The van der Waals surface area contributed by atoms with E-state index < -0.39 is 0 Å². The van der Waals surface area contributed by atoms with Gasteiger partial charge in [0.1, 0.15) is 29.5 Å². The van der Waals surface area contributed by atoms with Crippen LogP contribution in [0.4, 0.5) is 0 Å². The van der Waals surface area contributed by atoms with Crippen LogP contribution >= 0.6 is 0 Å². The van der Waals surface area contributed by atoms with Crippen molar-refractivity contribution in [2.75, 3.05) is 7.11 Å². The van der Waals surface area contributed by atoms with Gasteiger partial charge in [0, 0.05) is 12.0 Å². The number of hydrogen-bond donors (Lipinski definition) is 0. The number of fused-ring (bicyclic) bond motifs is 1. The highest BCUT2D eigenvalue weighted by atomic mass is 16.5. The summed E-state index contributed by atoms with van der Waals surface area (Å²) in [5.41, 5.74) is 3.13. The largest absolute Gasteiger partial charge is 0.497 e. The zero-order valence-electron chi connectivity index (χ0n) is 18.1. The van der Waals surface area contributed by atoms with Gasteiger partial charge < -0.3 is 14.2 Å². The van der Waals surface area contributed by atoms with Crippen molar-refractivity contribution in [3.05, 3.63) is 95.1 Å². The predicted octanol–water partition coefficient (Wildman–Crippen LogP) is 5.88. The van der Waals surface area contributed by atoms with Crippen molar-refractivity contribution in [2.45, 2.75) is 32.5 Å². The molecule has 0 bridgehead atoms. The number of ether oxygens (including phenoxy) is 3. The molecule has 158 valence electrons. The molecule has 31 heavy (non-hydrogen) atoms. The lowest BCUT2D eigenvalue weighted by molar-refractivity contribution is 0.104. The molecule has 0 radical (unpaired) electrons. The lowest BCUT2D eigenvalue weighted by Gasteiger charge is -2.16. The summed E-state index contributed by atoms with van der Waals surface area (Å²) in [6.45, 7) is 4.47. The SMILES string of the molecule is COc1ccc(/C=C/C(=O)c2ccc3c(c2OCc2ccccc2)CC(C)(C)O3)cc1. The number of ketones is 1. The molecule has 1 aliphatic heterocycles. The van der Waals surface area contributed by atoms with Crippen molar-refractivity contribution in [2.24, 2.45) is 0 Å². The molecule has 0 saturated heterocycles. The van der Waals surface area contributed by atoms with E-state index in [1.165, 1.54) is 0 Å². The summed E-state index contributed by atoms with van der Waals surface area (Å²) in [5, 5.41) is 0. The first kappa shape index (κ1) is 20.7. The molecule has 0 saturated carbocycles. The van der Waals surface area contributed by atoms with Crippen LogP contribution in [0, 0.1) is 0 Å². The lowest BCUT2D eigenvalue weighted by atomic mass is 9.97. The molecule has 0 aliphatic carbocycles. The summed E-state index contributed by atoms with van der Waals surface area (Å²) in [6.07, 6.45) is 4.08. The van der Waals surface area contributed by atoms with Gasteiger partial charge in [0.05, 0.1) is 12.7 Å². The van der Waals surface area contributed by atoms with Gasteiger partial charge in [0.25, 0.3) is 0 Å². The molecule has 4 nitrogen and oxygen atoms in total. The number of carbonyl (C=O) groups is 1. The van der Waals surface area contributed by atoms with Gasteiger partial charge in [-0.15, -0.1) is 0 Å². The Hall–Kier alpha value is -3.53. The molecule has 1 aliphatic rings. The van der Waals surface area contributed by atoms with E-state index in [1.807, 2.05) is 74.5 Å². The molecule has 4 rings (SSSR count). The second-order valence-corrected chi connectivity index (χ2v) is 8.20. The van der Waals surface area contributed by atoms with E-state index in [9.17, 15) is 4.79 Å². The van der Waals surface area contributed by atoms with E-state index in [1.54, 1.807) is 25.3 Å². The average molecular weight is 415 g/mol. The summed E-state index contributed by atoms with van der Waals surface area (Å²) >= 11 is 0. The van der Waals surface area contributed by atoms with Crippen LogP contribution in [0.2, 0.25) is 0 Å². The molecule has 4 heteroatoms. The summed E-state index contributed by atoms with van der Waals surface area (Å²) in [6, 6.07) is 21.2. The van der Waals surface area contributed by atoms with Gasteiger partial charge in [-0.25, -0.2) is 0 Å². The van der Waals surface area contributed by atoms with Crippen molar-refractivity contribution >= 4 is 11.9 Å². The molecule has 0 atom stereocenters. The highest BCUT2D eigenvalue weighted by molar-refractivity contribution is 6.09. The predicted molar refractivity (Wildman–Crippen MR) is 122 cm³/mol. The van der Waals surface area contributed by atoms with Crippen molar-refractivity contribution < 1.29 is 19.0 Å². The maximum atomic E-state index is 13.1. The highest BCUT2D eigenvalue weighted by Crippen LogP contribution is 2.42. The van der Waals surface area contributed by atoms with Gasteiger partial charge in [0.15, 0.2) is 5.78 Å². The van der Waals surface area contributed by atoms with Gasteiger partial charge in [-0.1, -0.05) is 48.5 Å². The number of allylic oxidation sites excluding steroid dienone is 1. The fraction of sp³-hybridized carbons (Fsp3) is 0.222. The Morgan fingerprint density at radius 3 is 2.48 bits per heavy atom. The Morgan fingerprint density at radius 1 is 1.03 bits per heavy atom. The third-order valence-electron chi connectivity index (χ3n) is 5.24. The van der Waals surface area contributed by atoms with Crippen LogP contribution in [0.1, 0.15) is 40.9 Å². The highest BCUT2D eigenvalue weighted by Gasteiger charge is 2.34. The molecule has 0 unspecified atom stereocenters. The Morgan fingerprint density at radius 2 is 1.77 bits per heavy atom. The van der Waals surface area contributed by atoms with Crippen molar-refractivity contribution in [3.63, 3.8) is 0 Å². The van der Waals surface area contributed by atoms with E-state index in [0.29, 0.717) is 24.3 Å². The van der Waals surface area contributed by atoms with E-state index in [2.05, 4.69) is 0 Å². The van der Waals surface area contributed by atoms with E-state index in [4.69, 9.17) is 14.2 Å². The Bertz CT molecular complexity index is 1100. The zero-order chi connectivity index (χ0) is 21.8. The van der Waals surface area contributed by atoms with Crippen LogP contribution in [0.5, 0.6) is 17.2 Å². The minimum atomic E-state index is -0.326. The molecule has 0 spiro atoms. The molecular weight excluding hydrogens is 388 g/mol. The van der Waals surface area contributed by atoms with Gasteiger partial charge in [-0.3, -0.25) is 4.79 Å². The first-order valence-electron chi connectivity index (χ1n) is 10.3. The van der Waals surface area contributed by atoms with E-state index >= 15 is 0 Å². The topological polar surface area (TPSA) is 44.8 Å². The van der Waals surface area contributed by atoms with Gasteiger partial charge in [0.2, 0.25) is 0 Å². The van der Waals surface area contributed by atoms with Crippen LogP contribution in [0.25, 0.3) is 6.08 Å². The number of methoxy groups -OCH3 is 1. The first-order chi connectivity index (χ1) is 14.9. The third kappa shape index (κ3) is 4.80. The maximum Gasteiger partial charge on any atom is 0.189 e. The standard InChI is InChI=1S/C27H26O4/c1-27(2)17-23-25(31-27)16-14-22(26(23)30-18-20-7-5-4-6-8-20)24(28)15-11-19-9-12-21(29-3)13-10-19/h4-16H,17-18H2,1-3H3/b15-11+. The van der Waals surface area contributed by atoms with Crippen molar-refractivity contribution in [1.82, 2.24) is 0 Å². The van der Waals surface area contributed by atoms with E-state index in [0.717, 1.165) is 28.2 Å². The second kappa shape index (κ2) is 8.68. The fourth-order valence-corrected chi connectivity index (χ4v) is 3.70. The van der Waals surface area contributed by atoms with Crippen LogP contribution < -0.4 is 14.2 Å². The van der Waals surface area contributed by atoms with Crippen LogP contribution in [-0.2, 0) is 13.0 Å². The molecular formula is C27H26O4. The van der Waals surface area contributed by atoms with Gasteiger partial charge in [-0.05, 0) is 55.3 Å². The van der Waals surface area contributed by atoms with Gasteiger partial charge >= 0.3 is 0 Å². The minimum Gasteiger partial charge on any atom is -0.497 e. The Kier molecular flexibility index (Phi) is 5.81. The van der Waals surface area contributed by atoms with Crippen LogP contribution in [-0.4, -0.2) is 18.5 Å². The molecule has 3 aromatic rings.